The molecular weight excluding hydrogens is 262 g/mol. The van der Waals surface area contributed by atoms with Gasteiger partial charge in [0, 0.05) is 12.3 Å². The average Bonchev–Trinajstić information content (AvgIpc) is 2.32. The number of nitrogens with zero attached hydrogens (tertiary/aromatic N) is 1. The summed E-state index contributed by atoms with van der Waals surface area (Å²) in [4.78, 5) is 3.19. The predicted octanol–water partition coefficient (Wildman–Crippen LogP) is 4.34. The van der Waals surface area contributed by atoms with Gasteiger partial charge in [0.1, 0.15) is 11.4 Å². The number of pyridine rings is 1. The van der Waals surface area contributed by atoms with Crippen molar-refractivity contribution in [2.24, 2.45) is 0 Å². The number of hydrogen-bond donors (Lipinski definition) is 0. The Morgan fingerprint density at radius 3 is 2.47 bits per heavy atom. The molecular formula is C13H9F4NO. The Bertz CT molecular complexity index is 595. The molecule has 0 N–H and O–H groups in total. The fourth-order valence-corrected chi connectivity index (χ4v) is 1.45. The second-order valence-corrected chi connectivity index (χ2v) is 3.91. The highest BCUT2D eigenvalue weighted by Gasteiger charge is 2.32. The van der Waals surface area contributed by atoms with Gasteiger partial charge in [0.25, 0.3) is 0 Å². The van der Waals surface area contributed by atoms with Crippen molar-refractivity contribution in [1.29, 1.82) is 0 Å². The number of halogens is 4. The highest BCUT2D eigenvalue weighted by Crippen LogP contribution is 2.31. The van der Waals surface area contributed by atoms with Crippen LogP contribution in [0.15, 0.2) is 36.5 Å². The van der Waals surface area contributed by atoms with Gasteiger partial charge in [-0.05, 0) is 30.7 Å². The number of aromatic nitrogens is 1. The minimum absolute atomic E-state index is 0.120. The normalized spacial score (nSPS) is 11.4. The lowest BCUT2D eigenvalue weighted by Gasteiger charge is -2.10. The molecule has 1 heterocycles. The second-order valence-electron chi connectivity index (χ2n) is 3.91. The van der Waals surface area contributed by atoms with Gasteiger partial charge in [-0.2, -0.15) is 13.2 Å². The number of alkyl halides is 3. The van der Waals surface area contributed by atoms with E-state index in [-0.39, 0.29) is 11.5 Å². The van der Waals surface area contributed by atoms with E-state index in [2.05, 4.69) is 4.98 Å². The summed E-state index contributed by atoms with van der Waals surface area (Å²) in [5.74, 6) is -0.889. The molecule has 0 aliphatic heterocycles. The molecule has 0 unspecified atom stereocenters. The Morgan fingerprint density at radius 1 is 1.11 bits per heavy atom. The van der Waals surface area contributed by atoms with E-state index in [1.807, 2.05) is 0 Å². The standard InChI is InChI=1S/C13H9F4NO/c1-8-2-3-11(10(14)6-8)19-9-4-5-18-12(7-9)13(15,16)17/h2-7H,1H3. The first-order chi connectivity index (χ1) is 8.86. The molecule has 0 aliphatic carbocycles. The van der Waals surface area contributed by atoms with Crippen LogP contribution >= 0.6 is 0 Å². The smallest absolute Gasteiger partial charge is 0.433 e. The molecule has 0 bridgehead atoms. The molecule has 6 heteroatoms. The van der Waals surface area contributed by atoms with Crippen LogP contribution in [0, 0.1) is 12.7 Å². The van der Waals surface area contributed by atoms with Gasteiger partial charge in [-0.15, -0.1) is 0 Å². The highest BCUT2D eigenvalue weighted by atomic mass is 19.4. The first kappa shape index (κ1) is 13.3. The summed E-state index contributed by atoms with van der Waals surface area (Å²) in [7, 11) is 0. The molecule has 1 aromatic carbocycles. The monoisotopic (exact) mass is 271 g/mol. The molecule has 2 aromatic rings. The molecule has 0 amide bonds. The number of hydrogen-bond acceptors (Lipinski definition) is 2. The Balaban J connectivity index is 2.29. The number of benzene rings is 1. The topological polar surface area (TPSA) is 22.1 Å². The van der Waals surface area contributed by atoms with Gasteiger partial charge in [-0.3, -0.25) is 4.98 Å². The molecule has 0 fully saturated rings. The Morgan fingerprint density at radius 2 is 1.84 bits per heavy atom. The van der Waals surface area contributed by atoms with Crippen LogP contribution in [0.2, 0.25) is 0 Å². The van der Waals surface area contributed by atoms with Crippen molar-refractivity contribution in [3.63, 3.8) is 0 Å². The molecule has 1 aromatic heterocycles. The zero-order chi connectivity index (χ0) is 14.0. The third-order valence-electron chi connectivity index (χ3n) is 2.34. The van der Waals surface area contributed by atoms with Crippen LogP contribution in [0.1, 0.15) is 11.3 Å². The minimum atomic E-state index is -4.56. The summed E-state index contributed by atoms with van der Waals surface area (Å²) in [6.07, 6.45) is -3.60. The number of rotatable bonds is 2. The average molecular weight is 271 g/mol. The fourth-order valence-electron chi connectivity index (χ4n) is 1.45. The van der Waals surface area contributed by atoms with Gasteiger partial charge in [-0.25, -0.2) is 4.39 Å². The van der Waals surface area contributed by atoms with Crippen LogP contribution in [0.25, 0.3) is 0 Å². The van der Waals surface area contributed by atoms with Gasteiger partial charge < -0.3 is 4.74 Å². The van der Waals surface area contributed by atoms with Crippen molar-refractivity contribution in [1.82, 2.24) is 4.98 Å². The maximum Gasteiger partial charge on any atom is 0.433 e. The zero-order valence-corrected chi connectivity index (χ0v) is 9.83. The van der Waals surface area contributed by atoms with Crippen molar-refractivity contribution in [3.05, 3.63) is 53.6 Å². The molecule has 100 valence electrons. The summed E-state index contributed by atoms with van der Waals surface area (Å²) >= 11 is 0. The van der Waals surface area contributed by atoms with E-state index in [9.17, 15) is 17.6 Å². The Hall–Kier alpha value is -2.11. The maximum absolute atomic E-state index is 13.5. The lowest BCUT2D eigenvalue weighted by atomic mass is 10.2. The molecule has 0 saturated heterocycles. The largest absolute Gasteiger partial charge is 0.454 e. The minimum Gasteiger partial charge on any atom is -0.454 e. The van der Waals surface area contributed by atoms with E-state index < -0.39 is 17.7 Å². The van der Waals surface area contributed by atoms with E-state index in [0.29, 0.717) is 5.56 Å². The molecule has 0 saturated carbocycles. The summed E-state index contributed by atoms with van der Waals surface area (Å²) in [5.41, 5.74) is -0.395. The lowest BCUT2D eigenvalue weighted by molar-refractivity contribution is -0.141. The van der Waals surface area contributed by atoms with E-state index in [0.717, 1.165) is 12.3 Å². The van der Waals surface area contributed by atoms with E-state index >= 15 is 0 Å². The molecule has 0 radical (unpaired) electrons. The van der Waals surface area contributed by atoms with Crippen LogP contribution in [0.5, 0.6) is 11.5 Å². The van der Waals surface area contributed by atoms with Crippen LogP contribution in [0.3, 0.4) is 0 Å². The fraction of sp³-hybridized carbons (Fsp3) is 0.154. The first-order valence-electron chi connectivity index (χ1n) is 5.33. The van der Waals surface area contributed by atoms with Gasteiger partial charge in [0.2, 0.25) is 0 Å². The summed E-state index contributed by atoms with van der Waals surface area (Å²) in [5, 5.41) is 0. The maximum atomic E-state index is 13.5. The number of aryl methyl sites for hydroxylation is 1. The number of ether oxygens (including phenoxy) is 1. The van der Waals surface area contributed by atoms with Crippen LogP contribution in [-0.4, -0.2) is 4.98 Å². The Labute approximate surface area is 106 Å². The van der Waals surface area contributed by atoms with Gasteiger partial charge >= 0.3 is 6.18 Å². The van der Waals surface area contributed by atoms with E-state index in [1.54, 1.807) is 13.0 Å². The second kappa shape index (κ2) is 4.87. The molecule has 2 nitrogen and oxygen atoms in total. The zero-order valence-electron chi connectivity index (χ0n) is 9.83. The summed E-state index contributed by atoms with van der Waals surface area (Å²) in [6.45, 7) is 1.70. The van der Waals surface area contributed by atoms with Crippen molar-refractivity contribution < 1.29 is 22.3 Å². The van der Waals surface area contributed by atoms with Crippen LogP contribution < -0.4 is 4.74 Å². The quantitative estimate of drug-likeness (QED) is 0.758. The highest BCUT2D eigenvalue weighted by molar-refractivity contribution is 5.34. The third-order valence-corrected chi connectivity index (χ3v) is 2.34. The van der Waals surface area contributed by atoms with Gasteiger partial charge in [0.05, 0.1) is 0 Å². The van der Waals surface area contributed by atoms with Crippen molar-refractivity contribution in [2.75, 3.05) is 0 Å². The van der Waals surface area contributed by atoms with Gasteiger partial charge in [-0.1, -0.05) is 6.07 Å². The van der Waals surface area contributed by atoms with Crippen LogP contribution in [-0.2, 0) is 6.18 Å². The van der Waals surface area contributed by atoms with Crippen molar-refractivity contribution in [3.8, 4) is 11.5 Å². The molecule has 0 aliphatic rings. The Kier molecular flexibility index (Phi) is 3.42. The van der Waals surface area contributed by atoms with Crippen LogP contribution in [0.4, 0.5) is 17.6 Å². The lowest BCUT2D eigenvalue weighted by Crippen LogP contribution is -2.07. The van der Waals surface area contributed by atoms with E-state index in [1.165, 1.54) is 18.2 Å². The molecule has 0 atom stereocenters. The van der Waals surface area contributed by atoms with Gasteiger partial charge in [0.15, 0.2) is 11.6 Å². The summed E-state index contributed by atoms with van der Waals surface area (Å²) in [6, 6.07) is 6.15. The predicted molar refractivity (Wildman–Crippen MR) is 60.5 cm³/mol. The molecule has 0 spiro atoms. The van der Waals surface area contributed by atoms with Crippen molar-refractivity contribution in [2.45, 2.75) is 13.1 Å². The molecule has 19 heavy (non-hydrogen) atoms. The van der Waals surface area contributed by atoms with E-state index in [4.69, 9.17) is 4.74 Å². The SMILES string of the molecule is Cc1ccc(Oc2ccnc(C(F)(F)F)c2)c(F)c1. The van der Waals surface area contributed by atoms with Crippen molar-refractivity contribution >= 4 is 0 Å². The summed E-state index contributed by atoms with van der Waals surface area (Å²) < 4.78 is 55.9. The first-order valence-corrected chi connectivity index (χ1v) is 5.33. The third kappa shape index (κ3) is 3.21. The molecule has 2 rings (SSSR count).